The van der Waals surface area contributed by atoms with Crippen LogP contribution in [0.4, 0.5) is 11.4 Å². The first-order valence-electron chi connectivity index (χ1n) is 8.31. The summed E-state index contributed by atoms with van der Waals surface area (Å²) < 4.78 is 0. The Hall–Kier alpha value is -2.91. The number of carbonyl (C=O) groups is 1. The molecule has 0 radical (unpaired) electrons. The predicted octanol–water partition coefficient (Wildman–Crippen LogP) is 5.76. The van der Waals surface area contributed by atoms with Crippen molar-refractivity contribution >= 4 is 34.6 Å². The highest BCUT2D eigenvalue weighted by Gasteiger charge is 2.35. The maximum absolute atomic E-state index is 13.1. The number of aryl methyl sites for hydroxylation is 1. The van der Waals surface area contributed by atoms with Crippen molar-refractivity contribution in [3.8, 4) is 0 Å². The molecule has 0 N–H and O–H groups in total. The monoisotopic (exact) mass is 362 g/mol. The van der Waals surface area contributed by atoms with E-state index in [-0.39, 0.29) is 5.91 Å². The van der Waals surface area contributed by atoms with Crippen LogP contribution in [0.2, 0.25) is 5.02 Å². The fourth-order valence-corrected chi connectivity index (χ4v) is 3.09. The Morgan fingerprint density at radius 3 is 2.69 bits per heavy atom. The van der Waals surface area contributed by atoms with E-state index in [9.17, 15) is 4.79 Å². The lowest BCUT2D eigenvalue weighted by molar-refractivity contribution is -0.111. The highest BCUT2D eigenvalue weighted by molar-refractivity contribution is 6.55. The van der Waals surface area contributed by atoms with E-state index >= 15 is 0 Å². The zero-order chi connectivity index (χ0) is 18.7. The van der Waals surface area contributed by atoms with Crippen molar-refractivity contribution in [2.75, 3.05) is 4.90 Å². The largest absolute Gasteiger partial charge is 0.282 e. The number of halogens is 1. The number of allylic oxidation sites excluding steroid dienone is 4. The fraction of sp³-hybridized carbons (Fsp3) is 0.0909. The van der Waals surface area contributed by atoms with E-state index in [1.807, 2.05) is 74.5 Å². The Morgan fingerprint density at radius 2 is 2.00 bits per heavy atom. The second kappa shape index (κ2) is 7.54. The standard InChI is InChI=1S/C22H19ClN2O/c1-4-6-9-16(5-2)25-20-11-8-7-10-17(20)21(22(25)26)24-19-13-12-15(3)14-18(19)23/h4-14H,2H2,1,3H3/b6-4-,16-9+,24-21?. The van der Waals surface area contributed by atoms with Gasteiger partial charge in [-0.3, -0.25) is 9.69 Å². The lowest BCUT2D eigenvalue weighted by atomic mass is 10.1. The minimum absolute atomic E-state index is 0.196. The van der Waals surface area contributed by atoms with Gasteiger partial charge >= 0.3 is 0 Å². The molecule has 0 unspecified atom stereocenters. The first-order chi connectivity index (χ1) is 12.6. The topological polar surface area (TPSA) is 32.7 Å². The minimum atomic E-state index is -0.196. The van der Waals surface area contributed by atoms with Crippen molar-refractivity contribution in [2.45, 2.75) is 13.8 Å². The van der Waals surface area contributed by atoms with Crippen molar-refractivity contribution in [3.05, 3.63) is 95.2 Å². The fourth-order valence-electron chi connectivity index (χ4n) is 2.82. The van der Waals surface area contributed by atoms with Gasteiger partial charge in [0.1, 0.15) is 5.71 Å². The summed E-state index contributed by atoms with van der Waals surface area (Å²) in [6.07, 6.45) is 7.29. The van der Waals surface area contributed by atoms with Gasteiger partial charge in [-0.2, -0.15) is 0 Å². The van der Waals surface area contributed by atoms with Crippen molar-refractivity contribution in [3.63, 3.8) is 0 Å². The summed E-state index contributed by atoms with van der Waals surface area (Å²) in [7, 11) is 0. The molecule has 1 aliphatic rings. The Labute approximate surface area is 158 Å². The molecular formula is C22H19ClN2O. The number of aliphatic imine (C=N–C) groups is 1. The van der Waals surface area contributed by atoms with Crippen LogP contribution in [0.15, 0.2) is 84.0 Å². The molecular weight excluding hydrogens is 344 g/mol. The second-order valence-corrected chi connectivity index (χ2v) is 6.30. The number of carbonyl (C=O) groups excluding carboxylic acids is 1. The molecule has 2 aromatic rings. The van der Waals surface area contributed by atoms with E-state index in [2.05, 4.69) is 11.6 Å². The molecule has 0 saturated heterocycles. The van der Waals surface area contributed by atoms with E-state index < -0.39 is 0 Å². The van der Waals surface area contributed by atoms with Gasteiger partial charge in [0.2, 0.25) is 0 Å². The highest BCUT2D eigenvalue weighted by atomic mass is 35.5. The Balaban J connectivity index is 2.16. The van der Waals surface area contributed by atoms with Crippen LogP contribution in [-0.2, 0) is 4.79 Å². The van der Waals surface area contributed by atoms with Crippen LogP contribution < -0.4 is 4.90 Å². The number of fused-ring (bicyclic) bond motifs is 1. The van der Waals surface area contributed by atoms with Gasteiger partial charge in [0.25, 0.3) is 5.91 Å². The zero-order valence-electron chi connectivity index (χ0n) is 14.7. The Kier molecular flexibility index (Phi) is 5.19. The minimum Gasteiger partial charge on any atom is -0.275 e. The van der Waals surface area contributed by atoms with Crippen LogP contribution in [0.5, 0.6) is 0 Å². The molecule has 26 heavy (non-hydrogen) atoms. The van der Waals surface area contributed by atoms with Gasteiger partial charge in [-0.15, -0.1) is 0 Å². The number of benzene rings is 2. The second-order valence-electron chi connectivity index (χ2n) is 5.89. The molecule has 0 aromatic heterocycles. The van der Waals surface area contributed by atoms with Crippen LogP contribution in [0.25, 0.3) is 0 Å². The third-order valence-electron chi connectivity index (χ3n) is 4.07. The first-order valence-corrected chi connectivity index (χ1v) is 8.68. The molecule has 1 amide bonds. The number of hydrogen-bond donors (Lipinski definition) is 0. The molecule has 0 aliphatic carbocycles. The molecule has 0 atom stereocenters. The molecule has 0 fully saturated rings. The smallest absolute Gasteiger partial charge is 0.275 e. The number of amides is 1. The van der Waals surface area contributed by atoms with Gasteiger partial charge < -0.3 is 0 Å². The Morgan fingerprint density at radius 1 is 1.23 bits per heavy atom. The maximum atomic E-state index is 13.1. The van der Waals surface area contributed by atoms with Gasteiger partial charge in [-0.05, 0) is 49.8 Å². The van der Waals surface area contributed by atoms with Crippen molar-refractivity contribution in [1.82, 2.24) is 0 Å². The number of rotatable bonds is 4. The van der Waals surface area contributed by atoms with Crippen LogP contribution in [0.3, 0.4) is 0 Å². The number of para-hydroxylation sites is 1. The van der Waals surface area contributed by atoms with Crippen molar-refractivity contribution in [1.29, 1.82) is 0 Å². The lowest BCUT2D eigenvalue weighted by Gasteiger charge is -2.17. The molecule has 2 aromatic carbocycles. The summed E-state index contributed by atoms with van der Waals surface area (Å²) in [6, 6.07) is 13.2. The third-order valence-corrected chi connectivity index (χ3v) is 4.37. The van der Waals surface area contributed by atoms with Crippen LogP contribution in [0, 0.1) is 6.92 Å². The van der Waals surface area contributed by atoms with Gasteiger partial charge in [-0.1, -0.05) is 54.6 Å². The maximum Gasteiger partial charge on any atom is 0.282 e. The average molecular weight is 363 g/mol. The summed E-state index contributed by atoms with van der Waals surface area (Å²) in [5.41, 5.74) is 4.26. The predicted molar refractivity (Wildman–Crippen MR) is 109 cm³/mol. The number of anilines is 1. The van der Waals surface area contributed by atoms with E-state index in [0.717, 1.165) is 16.8 Å². The quantitative estimate of drug-likeness (QED) is 0.636. The van der Waals surface area contributed by atoms with Crippen LogP contribution in [0.1, 0.15) is 18.1 Å². The first kappa shape index (κ1) is 17.9. The molecule has 1 aliphatic heterocycles. The van der Waals surface area contributed by atoms with E-state index in [1.165, 1.54) is 0 Å². The molecule has 4 heteroatoms. The Bertz CT molecular complexity index is 970. The van der Waals surface area contributed by atoms with Crippen molar-refractivity contribution in [2.24, 2.45) is 4.99 Å². The number of nitrogens with zero attached hydrogens (tertiary/aromatic N) is 2. The van der Waals surface area contributed by atoms with Crippen LogP contribution in [-0.4, -0.2) is 11.6 Å². The molecule has 0 spiro atoms. The SMILES string of the molecule is C=C/C(=C\C=C/C)N1C(=O)C(=Nc2ccc(C)cc2Cl)c2ccccc21. The molecule has 3 rings (SSSR count). The van der Waals surface area contributed by atoms with Gasteiger partial charge in [0, 0.05) is 11.3 Å². The van der Waals surface area contributed by atoms with Crippen LogP contribution >= 0.6 is 11.6 Å². The highest BCUT2D eigenvalue weighted by Crippen LogP contribution is 2.35. The van der Waals surface area contributed by atoms with E-state index in [4.69, 9.17) is 11.6 Å². The zero-order valence-corrected chi connectivity index (χ0v) is 15.5. The van der Waals surface area contributed by atoms with E-state index in [1.54, 1.807) is 11.0 Å². The summed E-state index contributed by atoms with van der Waals surface area (Å²) >= 11 is 6.31. The summed E-state index contributed by atoms with van der Waals surface area (Å²) in [4.78, 5) is 19.4. The summed E-state index contributed by atoms with van der Waals surface area (Å²) in [5, 5.41) is 0.523. The average Bonchev–Trinajstić information content (AvgIpc) is 2.91. The van der Waals surface area contributed by atoms with Gasteiger partial charge in [-0.25, -0.2) is 4.99 Å². The molecule has 1 heterocycles. The molecule has 0 saturated carbocycles. The lowest BCUT2D eigenvalue weighted by Crippen LogP contribution is -2.28. The van der Waals surface area contributed by atoms with Gasteiger partial charge in [0.05, 0.1) is 16.4 Å². The molecule has 3 nitrogen and oxygen atoms in total. The summed E-state index contributed by atoms with van der Waals surface area (Å²) in [5.74, 6) is -0.196. The third kappa shape index (κ3) is 3.26. The number of hydrogen-bond acceptors (Lipinski definition) is 2. The van der Waals surface area contributed by atoms with Crippen molar-refractivity contribution < 1.29 is 4.79 Å². The summed E-state index contributed by atoms with van der Waals surface area (Å²) in [6.45, 7) is 7.72. The normalized spacial score (nSPS) is 15.8. The van der Waals surface area contributed by atoms with Gasteiger partial charge in [0.15, 0.2) is 0 Å². The molecule has 130 valence electrons. The molecule has 0 bridgehead atoms. The van der Waals surface area contributed by atoms with E-state index in [0.29, 0.717) is 22.1 Å².